The van der Waals surface area contributed by atoms with Crippen molar-refractivity contribution in [1.82, 2.24) is 0 Å². The normalized spacial score (nSPS) is 27.1. The van der Waals surface area contributed by atoms with Crippen molar-refractivity contribution in [1.29, 1.82) is 0 Å². The SMILES string of the molecule is CC(C)(c1ccc(OCCC[Si](C)(C)CCC2CCC3CC3C2)cc1)c1ccc(OCCC[Si](C)(C)CCC2CCC3OC3C2)cc1. The number of epoxide rings is 1. The molecule has 2 aromatic rings. The first kappa shape index (κ1) is 35.3. The average Bonchev–Trinajstić information content (AvgIpc) is 3.99. The molecule has 1 saturated heterocycles. The van der Waals surface area contributed by atoms with Crippen molar-refractivity contribution >= 4 is 16.1 Å². The number of rotatable bonds is 18. The van der Waals surface area contributed by atoms with Gasteiger partial charge in [-0.1, -0.05) is 108 Å². The summed E-state index contributed by atoms with van der Waals surface area (Å²) < 4.78 is 18.2. The lowest BCUT2D eigenvalue weighted by molar-refractivity contribution is 0.316. The third kappa shape index (κ3) is 10.2. The molecule has 3 nitrogen and oxygen atoms in total. The Hall–Kier alpha value is -1.57. The Morgan fingerprint density at radius 3 is 1.62 bits per heavy atom. The Morgan fingerprint density at radius 1 is 0.596 bits per heavy atom. The summed E-state index contributed by atoms with van der Waals surface area (Å²) in [6, 6.07) is 23.4. The van der Waals surface area contributed by atoms with E-state index in [1.165, 1.54) is 93.1 Å². The molecule has 6 rings (SSSR count). The zero-order chi connectivity index (χ0) is 33.1. The van der Waals surface area contributed by atoms with Crippen LogP contribution >= 0.6 is 0 Å². The summed E-state index contributed by atoms with van der Waals surface area (Å²) in [6.45, 7) is 16.6. The quantitative estimate of drug-likeness (QED) is 0.0896. The molecule has 0 N–H and O–H groups in total. The van der Waals surface area contributed by atoms with Crippen LogP contribution in [0.1, 0.15) is 95.6 Å². The van der Waals surface area contributed by atoms with E-state index >= 15 is 0 Å². The van der Waals surface area contributed by atoms with Gasteiger partial charge in [0.1, 0.15) is 11.5 Å². The molecule has 47 heavy (non-hydrogen) atoms. The molecule has 0 amide bonds. The summed E-state index contributed by atoms with van der Waals surface area (Å²) in [5, 5.41) is 0. The second-order valence-electron chi connectivity index (χ2n) is 18.3. The van der Waals surface area contributed by atoms with E-state index in [9.17, 15) is 0 Å². The second-order valence-corrected chi connectivity index (χ2v) is 29.0. The minimum absolute atomic E-state index is 0.0774. The van der Waals surface area contributed by atoms with Crippen molar-refractivity contribution in [2.24, 2.45) is 23.7 Å². The summed E-state index contributed by atoms with van der Waals surface area (Å²) in [5.74, 6) is 6.18. The summed E-state index contributed by atoms with van der Waals surface area (Å²) in [7, 11) is -2.29. The van der Waals surface area contributed by atoms with Gasteiger partial charge in [0.15, 0.2) is 0 Å². The Labute approximate surface area is 290 Å². The molecule has 1 heterocycles. The lowest BCUT2D eigenvalue weighted by Crippen LogP contribution is -2.27. The second kappa shape index (κ2) is 15.1. The van der Waals surface area contributed by atoms with E-state index in [0.29, 0.717) is 12.2 Å². The first-order chi connectivity index (χ1) is 22.5. The summed E-state index contributed by atoms with van der Waals surface area (Å²) in [6.07, 6.45) is 16.7. The molecule has 0 aromatic heterocycles. The summed E-state index contributed by atoms with van der Waals surface area (Å²) in [5.41, 5.74) is 2.55. The van der Waals surface area contributed by atoms with Crippen LogP contribution in [-0.4, -0.2) is 41.6 Å². The van der Waals surface area contributed by atoms with Crippen LogP contribution in [0.4, 0.5) is 0 Å². The van der Waals surface area contributed by atoms with Crippen molar-refractivity contribution < 1.29 is 14.2 Å². The lowest BCUT2D eigenvalue weighted by Gasteiger charge is -2.27. The Balaban J connectivity index is 0.870. The lowest BCUT2D eigenvalue weighted by atomic mass is 9.78. The monoisotopic (exact) mass is 674 g/mol. The molecule has 3 aliphatic carbocycles. The number of fused-ring (bicyclic) bond motifs is 2. The third-order valence-corrected chi connectivity index (χ3v) is 19.6. The molecule has 0 bridgehead atoms. The van der Waals surface area contributed by atoms with Gasteiger partial charge in [-0.05, 0) is 110 Å². The molecule has 1 aliphatic heterocycles. The van der Waals surface area contributed by atoms with E-state index < -0.39 is 16.1 Å². The fraction of sp³-hybridized carbons (Fsp3) is 0.714. The smallest absolute Gasteiger partial charge is 0.119 e. The van der Waals surface area contributed by atoms with E-state index in [1.54, 1.807) is 12.8 Å². The molecule has 4 fully saturated rings. The van der Waals surface area contributed by atoms with Crippen molar-refractivity contribution in [3.63, 3.8) is 0 Å². The fourth-order valence-corrected chi connectivity index (χ4v) is 14.1. The van der Waals surface area contributed by atoms with Gasteiger partial charge in [-0.15, -0.1) is 0 Å². The predicted octanol–water partition coefficient (Wildman–Crippen LogP) is 11.8. The van der Waals surface area contributed by atoms with Crippen LogP contribution in [0, 0.1) is 23.7 Å². The molecule has 0 spiro atoms. The fourth-order valence-electron chi connectivity index (χ4n) is 8.98. The number of ether oxygens (including phenoxy) is 3. The minimum Gasteiger partial charge on any atom is -0.494 e. The van der Waals surface area contributed by atoms with Gasteiger partial charge in [-0.25, -0.2) is 0 Å². The zero-order valence-electron chi connectivity index (χ0n) is 30.8. The van der Waals surface area contributed by atoms with Gasteiger partial charge in [0.05, 0.1) is 25.4 Å². The Bertz CT molecular complexity index is 1170. The van der Waals surface area contributed by atoms with Crippen molar-refractivity contribution in [2.45, 2.75) is 152 Å². The molecule has 3 saturated carbocycles. The van der Waals surface area contributed by atoms with Gasteiger partial charge < -0.3 is 14.2 Å². The van der Waals surface area contributed by atoms with Gasteiger partial charge >= 0.3 is 0 Å². The maximum absolute atomic E-state index is 6.22. The molecule has 0 radical (unpaired) electrons. The minimum atomic E-state index is -1.16. The molecular weight excluding hydrogens is 609 g/mol. The topological polar surface area (TPSA) is 31.0 Å². The van der Waals surface area contributed by atoms with Crippen LogP contribution in [0.25, 0.3) is 0 Å². The molecule has 6 atom stereocenters. The standard InChI is InChI=1S/C42H66O3Si2/c1-42(2,36-12-16-38(17-13-36)43-23-7-25-46(3,4)27-21-32-9-11-34-31-35(34)29-32)37-14-18-39(19-15-37)44-24-8-26-47(5,6)28-22-33-10-20-40-41(30-33)45-40/h12-19,32-35,40-41H,7-11,20-31H2,1-6H3. The van der Waals surface area contributed by atoms with Crippen molar-refractivity contribution in [3.05, 3.63) is 59.7 Å². The van der Waals surface area contributed by atoms with E-state index in [2.05, 4.69) is 88.6 Å². The van der Waals surface area contributed by atoms with E-state index in [4.69, 9.17) is 14.2 Å². The largest absolute Gasteiger partial charge is 0.494 e. The van der Waals surface area contributed by atoms with E-state index in [1.807, 2.05) is 0 Å². The van der Waals surface area contributed by atoms with Crippen LogP contribution in [0.5, 0.6) is 11.5 Å². The van der Waals surface area contributed by atoms with Gasteiger partial charge in [0.2, 0.25) is 0 Å². The van der Waals surface area contributed by atoms with Gasteiger partial charge in [0.25, 0.3) is 0 Å². The summed E-state index contributed by atoms with van der Waals surface area (Å²) >= 11 is 0. The molecule has 4 aliphatic rings. The Kier molecular flexibility index (Phi) is 11.4. The predicted molar refractivity (Wildman–Crippen MR) is 204 cm³/mol. The first-order valence-corrected chi connectivity index (χ1v) is 26.4. The van der Waals surface area contributed by atoms with Crippen LogP contribution < -0.4 is 9.47 Å². The van der Waals surface area contributed by atoms with Crippen LogP contribution in [-0.2, 0) is 10.2 Å². The van der Waals surface area contributed by atoms with E-state index in [-0.39, 0.29) is 5.41 Å². The van der Waals surface area contributed by atoms with Crippen LogP contribution in [0.2, 0.25) is 50.4 Å². The average molecular weight is 675 g/mol. The maximum atomic E-state index is 6.22. The van der Waals surface area contributed by atoms with Crippen LogP contribution in [0.15, 0.2) is 48.5 Å². The zero-order valence-corrected chi connectivity index (χ0v) is 32.8. The molecule has 260 valence electrons. The number of hydrogen-bond donors (Lipinski definition) is 0. The molecule has 6 unspecified atom stereocenters. The van der Waals surface area contributed by atoms with Crippen molar-refractivity contribution in [2.75, 3.05) is 13.2 Å². The molecule has 5 heteroatoms. The summed E-state index contributed by atoms with van der Waals surface area (Å²) in [4.78, 5) is 0. The number of hydrogen-bond acceptors (Lipinski definition) is 3. The third-order valence-electron chi connectivity index (χ3n) is 12.9. The van der Waals surface area contributed by atoms with E-state index in [0.717, 1.165) is 48.4 Å². The number of benzene rings is 2. The maximum Gasteiger partial charge on any atom is 0.119 e. The molecular formula is C42H66O3Si2. The van der Waals surface area contributed by atoms with Crippen LogP contribution in [0.3, 0.4) is 0 Å². The highest BCUT2D eigenvalue weighted by Gasteiger charge is 2.44. The molecule has 2 aromatic carbocycles. The van der Waals surface area contributed by atoms with Gasteiger partial charge in [0, 0.05) is 21.6 Å². The first-order valence-electron chi connectivity index (χ1n) is 19.6. The highest BCUT2D eigenvalue weighted by Crippen LogP contribution is 2.52. The van der Waals surface area contributed by atoms with Gasteiger partial charge in [-0.2, -0.15) is 0 Å². The van der Waals surface area contributed by atoms with Gasteiger partial charge in [-0.3, -0.25) is 0 Å². The Morgan fingerprint density at radius 2 is 1.11 bits per heavy atom. The van der Waals surface area contributed by atoms with Crippen molar-refractivity contribution in [3.8, 4) is 11.5 Å². The highest BCUT2D eigenvalue weighted by molar-refractivity contribution is 6.77. The highest BCUT2D eigenvalue weighted by atomic mass is 28.3.